The Morgan fingerprint density at radius 3 is 2.89 bits per heavy atom. The van der Waals surface area contributed by atoms with Crippen molar-refractivity contribution in [2.45, 2.75) is 26.8 Å². The number of aryl methyl sites for hydroxylation is 1. The maximum atomic E-state index is 11.0. The van der Waals surface area contributed by atoms with Gasteiger partial charge in [0.05, 0.1) is 6.07 Å². The highest BCUT2D eigenvalue weighted by Gasteiger charge is 2.05. The topological polar surface area (TPSA) is 78.6 Å². The van der Waals surface area contributed by atoms with Crippen molar-refractivity contribution in [2.75, 3.05) is 7.05 Å². The summed E-state index contributed by atoms with van der Waals surface area (Å²) in [6.07, 6.45) is 1.49. The van der Waals surface area contributed by atoms with Gasteiger partial charge in [0.1, 0.15) is 12.3 Å². The smallest absolute Gasteiger partial charge is 0.349 e. The minimum atomic E-state index is -0.660. The molecule has 6 nitrogen and oxygen atoms in total. The van der Waals surface area contributed by atoms with E-state index in [1.54, 1.807) is 19.2 Å². The minimum Gasteiger partial charge on any atom is -0.356 e. The van der Waals surface area contributed by atoms with Crippen LogP contribution >= 0.6 is 0 Å². The Labute approximate surface area is 112 Å². The van der Waals surface area contributed by atoms with Gasteiger partial charge < -0.3 is 9.74 Å². The Kier molecular flexibility index (Phi) is 5.48. The number of amidine groups is 1. The van der Waals surface area contributed by atoms with Crippen LogP contribution in [0.3, 0.4) is 0 Å². The number of rotatable bonds is 4. The molecule has 100 valence electrons. The summed E-state index contributed by atoms with van der Waals surface area (Å²) < 4.78 is 0. The number of oxime groups is 1. The molecule has 0 aliphatic carbocycles. The van der Waals surface area contributed by atoms with E-state index in [1.165, 1.54) is 0 Å². The molecule has 1 aromatic rings. The standard InChI is InChI=1S/C13H16N4O2/c1-10-4-5-12(8-15-10)9-17(3)11(2)16-19-13(18)6-7-14/h4-5,8H,6,9H2,1-3H3/b16-11+. The summed E-state index contributed by atoms with van der Waals surface area (Å²) in [6, 6.07) is 5.61. The van der Waals surface area contributed by atoms with Crippen LogP contribution in [0.1, 0.15) is 24.6 Å². The molecule has 0 bridgehead atoms. The van der Waals surface area contributed by atoms with Gasteiger partial charge in [0.15, 0.2) is 0 Å². The first kappa shape index (κ1) is 14.6. The third-order valence-corrected chi connectivity index (χ3v) is 2.45. The normalized spacial score (nSPS) is 10.7. The van der Waals surface area contributed by atoms with Crippen LogP contribution in [-0.4, -0.2) is 28.7 Å². The molecule has 0 aliphatic rings. The Bertz CT molecular complexity index is 502. The number of carbonyl (C=O) groups excluding carboxylic acids is 1. The summed E-state index contributed by atoms with van der Waals surface area (Å²) in [5.41, 5.74) is 1.99. The Balaban J connectivity index is 2.55. The highest BCUT2D eigenvalue weighted by Crippen LogP contribution is 2.04. The van der Waals surface area contributed by atoms with Crippen LogP contribution in [0, 0.1) is 18.3 Å². The number of nitriles is 1. The van der Waals surface area contributed by atoms with Crippen molar-refractivity contribution in [3.8, 4) is 6.07 Å². The summed E-state index contributed by atoms with van der Waals surface area (Å²) in [7, 11) is 1.83. The number of hydrogen-bond acceptors (Lipinski definition) is 5. The fraction of sp³-hybridized carbons (Fsp3) is 0.385. The van der Waals surface area contributed by atoms with Crippen LogP contribution in [0.2, 0.25) is 0 Å². The summed E-state index contributed by atoms with van der Waals surface area (Å²) in [5.74, 6) is -0.112. The van der Waals surface area contributed by atoms with E-state index in [2.05, 4.69) is 15.0 Å². The zero-order valence-corrected chi connectivity index (χ0v) is 11.3. The van der Waals surface area contributed by atoms with Crippen molar-refractivity contribution in [2.24, 2.45) is 5.16 Å². The molecule has 0 saturated carbocycles. The molecular formula is C13H16N4O2. The highest BCUT2D eigenvalue weighted by atomic mass is 16.7. The SMILES string of the molecule is C/C(=N\OC(=O)CC#N)N(C)Cc1ccc(C)nc1. The van der Waals surface area contributed by atoms with Crippen molar-refractivity contribution in [3.05, 3.63) is 29.6 Å². The van der Waals surface area contributed by atoms with Crippen molar-refractivity contribution in [1.82, 2.24) is 9.88 Å². The lowest BCUT2D eigenvalue weighted by Crippen LogP contribution is -2.24. The molecule has 0 aromatic carbocycles. The van der Waals surface area contributed by atoms with Crippen molar-refractivity contribution in [3.63, 3.8) is 0 Å². The van der Waals surface area contributed by atoms with Gasteiger partial charge in [-0.05, 0) is 25.5 Å². The molecular weight excluding hydrogens is 244 g/mol. The summed E-state index contributed by atoms with van der Waals surface area (Å²) in [4.78, 5) is 21.6. The van der Waals surface area contributed by atoms with Gasteiger partial charge in [-0.3, -0.25) is 4.98 Å². The van der Waals surface area contributed by atoms with Crippen LogP contribution in [0.4, 0.5) is 0 Å². The minimum absolute atomic E-state index is 0.303. The van der Waals surface area contributed by atoms with Gasteiger partial charge in [-0.15, -0.1) is 0 Å². The fourth-order valence-corrected chi connectivity index (χ4v) is 1.26. The highest BCUT2D eigenvalue weighted by molar-refractivity contribution is 5.80. The second-order valence-corrected chi connectivity index (χ2v) is 4.10. The number of hydrogen-bond donors (Lipinski definition) is 0. The van der Waals surface area contributed by atoms with Gasteiger partial charge in [0.2, 0.25) is 0 Å². The quantitative estimate of drug-likeness (QED) is 0.355. The fourth-order valence-electron chi connectivity index (χ4n) is 1.26. The average molecular weight is 260 g/mol. The molecule has 0 unspecified atom stereocenters. The molecule has 19 heavy (non-hydrogen) atoms. The predicted octanol–water partition coefficient (Wildman–Crippen LogP) is 1.61. The first-order valence-corrected chi connectivity index (χ1v) is 5.77. The van der Waals surface area contributed by atoms with E-state index < -0.39 is 5.97 Å². The molecule has 0 saturated heterocycles. The molecule has 0 fully saturated rings. The monoisotopic (exact) mass is 260 g/mol. The predicted molar refractivity (Wildman–Crippen MR) is 69.9 cm³/mol. The van der Waals surface area contributed by atoms with Gasteiger partial charge in [-0.1, -0.05) is 11.2 Å². The van der Waals surface area contributed by atoms with Crippen molar-refractivity contribution < 1.29 is 9.63 Å². The second kappa shape index (κ2) is 7.11. The van der Waals surface area contributed by atoms with Gasteiger partial charge >= 0.3 is 5.97 Å². The first-order valence-electron chi connectivity index (χ1n) is 5.77. The Morgan fingerprint density at radius 1 is 1.58 bits per heavy atom. The molecule has 1 aromatic heterocycles. The molecule has 0 radical (unpaired) electrons. The van der Waals surface area contributed by atoms with Gasteiger partial charge in [0, 0.05) is 25.5 Å². The molecule has 1 rings (SSSR count). The lowest BCUT2D eigenvalue weighted by molar-refractivity contribution is -0.142. The van der Waals surface area contributed by atoms with E-state index in [-0.39, 0.29) is 6.42 Å². The lowest BCUT2D eigenvalue weighted by Gasteiger charge is -2.17. The number of aromatic nitrogens is 1. The third-order valence-electron chi connectivity index (χ3n) is 2.45. The zero-order valence-electron chi connectivity index (χ0n) is 11.3. The molecule has 0 spiro atoms. The third kappa shape index (κ3) is 5.17. The first-order chi connectivity index (χ1) is 9.02. The van der Waals surface area contributed by atoms with E-state index in [0.717, 1.165) is 11.3 Å². The van der Waals surface area contributed by atoms with E-state index >= 15 is 0 Å². The molecule has 0 aliphatic heterocycles. The van der Waals surface area contributed by atoms with Gasteiger partial charge in [-0.2, -0.15) is 5.26 Å². The molecule has 6 heteroatoms. The van der Waals surface area contributed by atoms with Crippen LogP contribution < -0.4 is 0 Å². The molecule has 0 amide bonds. The number of pyridine rings is 1. The van der Waals surface area contributed by atoms with Gasteiger partial charge in [-0.25, -0.2) is 4.79 Å². The van der Waals surface area contributed by atoms with Crippen molar-refractivity contribution >= 4 is 11.8 Å². The van der Waals surface area contributed by atoms with Crippen LogP contribution in [-0.2, 0) is 16.2 Å². The van der Waals surface area contributed by atoms with E-state index in [1.807, 2.05) is 31.0 Å². The average Bonchev–Trinajstić information content (AvgIpc) is 2.39. The maximum absolute atomic E-state index is 11.0. The summed E-state index contributed by atoms with van der Waals surface area (Å²) in [6.45, 7) is 4.26. The largest absolute Gasteiger partial charge is 0.356 e. The molecule has 1 heterocycles. The van der Waals surface area contributed by atoms with E-state index in [0.29, 0.717) is 12.4 Å². The van der Waals surface area contributed by atoms with Gasteiger partial charge in [0.25, 0.3) is 0 Å². The number of carbonyl (C=O) groups is 1. The summed E-state index contributed by atoms with van der Waals surface area (Å²) >= 11 is 0. The van der Waals surface area contributed by atoms with Crippen LogP contribution in [0.15, 0.2) is 23.5 Å². The van der Waals surface area contributed by atoms with Crippen LogP contribution in [0.25, 0.3) is 0 Å². The summed E-state index contributed by atoms with van der Waals surface area (Å²) in [5, 5.41) is 12.0. The Hall–Kier alpha value is -2.42. The van der Waals surface area contributed by atoms with Crippen LogP contribution in [0.5, 0.6) is 0 Å². The maximum Gasteiger partial charge on any atom is 0.349 e. The molecule has 0 N–H and O–H groups in total. The molecule has 0 atom stereocenters. The number of nitrogens with zero attached hydrogens (tertiary/aromatic N) is 4. The van der Waals surface area contributed by atoms with E-state index in [4.69, 9.17) is 5.26 Å². The van der Waals surface area contributed by atoms with Crippen molar-refractivity contribution in [1.29, 1.82) is 5.26 Å². The second-order valence-electron chi connectivity index (χ2n) is 4.10. The zero-order chi connectivity index (χ0) is 14.3. The Morgan fingerprint density at radius 2 is 2.32 bits per heavy atom. The lowest BCUT2D eigenvalue weighted by atomic mass is 10.2. The van der Waals surface area contributed by atoms with E-state index in [9.17, 15) is 4.79 Å².